The van der Waals surface area contributed by atoms with E-state index in [1.165, 1.54) is 11.3 Å². The normalized spacial score (nSPS) is 16.8. The predicted molar refractivity (Wildman–Crippen MR) is 88.2 cm³/mol. The summed E-state index contributed by atoms with van der Waals surface area (Å²) in [6.45, 7) is 0.590. The van der Waals surface area contributed by atoms with E-state index in [2.05, 4.69) is 5.32 Å². The molecule has 23 heavy (non-hydrogen) atoms. The lowest BCUT2D eigenvalue weighted by Gasteiger charge is -2.23. The molecule has 0 saturated carbocycles. The Morgan fingerprint density at radius 2 is 2.17 bits per heavy atom. The topological polar surface area (TPSA) is 73.2 Å². The summed E-state index contributed by atoms with van der Waals surface area (Å²) in [5, 5.41) is 13.6. The van der Waals surface area contributed by atoms with Crippen LogP contribution in [0.2, 0.25) is 0 Å². The fraction of sp³-hybridized carbons (Fsp3) is 0.235. The first-order valence-electron chi connectivity index (χ1n) is 7.34. The maximum Gasteiger partial charge on any atom is 0.264 e. The number of anilines is 1. The quantitative estimate of drug-likeness (QED) is 0.943. The second-order valence-electron chi connectivity index (χ2n) is 5.32. The molecule has 0 radical (unpaired) electrons. The van der Waals surface area contributed by atoms with E-state index >= 15 is 0 Å². The van der Waals surface area contributed by atoms with E-state index in [9.17, 15) is 9.59 Å². The van der Waals surface area contributed by atoms with Gasteiger partial charge in [0.2, 0.25) is 5.91 Å². The first-order valence-corrected chi connectivity index (χ1v) is 8.22. The zero-order chi connectivity index (χ0) is 16.2. The molecule has 0 spiro atoms. The van der Waals surface area contributed by atoms with Crippen LogP contribution < -0.4 is 5.32 Å². The molecule has 1 aliphatic heterocycles. The number of carbonyl (C=O) groups excluding carboxylic acids is 2. The van der Waals surface area contributed by atoms with Crippen molar-refractivity contribution in [3.05, 3.63) is 52.2 Å². The minimum absolute atomic E-state index is 0.0941. The van der Waals surface area contributed by atoms with Gasteiger partial charge in [0.15, 0.2) is 0 Å². The van der Waals surface area contributed by atoms with Crippen molar-refractivity contribution in [1.29, 1.82) is 5.26 Å². The molecule has 116 valence electrons. The molecular formula is C17H15N3O2S. The minimum Gasteiger partial charge on any atom is -0.326 e. The molecule has 1 atom stereocenters. The van der Waals surface area contributed by atoms with Gasteiger partial charge in [-0.25, -0.2) is 0 Å². The van der Waals surface area contributed by atoms with Crippen molar-refractivity contribution in [2.45, 2.75) is 18.9 Å². The number of amides is 2. The number of nitriles is 1. The van der Waals surface area contributed by atoms with Gasteiger partial charge < -0.3 is 10.2 Å². The van der Waals surface area contributed by atoms with E-state index in [1.54, 1.807) is 35.2 Å². The van der Waals surface area contributed by atoms with Crippen LogP contribution in [0.4, 0.5) is 5.69 Å². The highest BCUT2D eigenvalue weighted by Gasteiger charge is 2.34. The molecule has 1 saturated heterocycles. The van der Waals surface area contributed by atoms with Gasteiger partial charge in [0.05, 0.1) is 16.5 Å². The Hall–Kier alpha value is -2.65. The van der Waals surface area contributed by atoms with Crippen LogP contribution in [0.15, 0.2) is 41.8 Å². The first-order chi connectivity index (χ1) is 11.2. The lowest BCUT2D eigenvalue weighted by molar-refractivity contribution is -0.119. The van der Waals surface area contributed by atoms with E-state index in [0.29, 0.717) is 29.1 Å². The average molecular weight is 325 g/mol. The van der Waals surface area contributed by atoms with Crippen LogP contribution in [-0.4, -0.2) is 29.3 Å². The molecule has 1 aromatic heterocycles. The Bertz CT molecular complexity index is 764. The first kappa shape index (κ1) is 15.3. The number of carbonyl (C=O) groups is 2. The van der Waals surface area contributed by atoms with Gasteiger partial charge in [-0.05, 0) is 42.5 Å². The summed E-state index contributed by atoms with van der Waals surface area (Å²) >= 11 is 1.38. The Kier molecular flexibility index (Phi) is 4.40. The molecule has 0 bridgehead atoms. The van der Waals surface area contributed by atoms with Crippen molar-refractivity contribution in [2.24, 2.45) is 0 Å². The Balaban J connectivity index is 1.73. The van der Waals surface area contributed by atoms with Crippen molar-refractivity contribution < 1.29 is 9.59 Å². The molecule has 2 amide bonds. The average Bonchev–Trinajstić information content (AvgIpc) is 3.25. The summed E-state index contributed by atoms with van der Waals surface area (Å²) in [4.78, 5) is 27.3. The molecule has 3 rings (SSSR count). The molecule has 2 aromatic rings. The molecule has 1 fully saturated rings. The lowest BCUT2D eigenvalue weighted by atomic mass is 10.1. The zero-order valence-electron chi connectivity index (χ0n) is 12.4. The molecule has 1 aliphatic rings. The van der Waals surface area contributed by atoms with Crippen molar-refractivity contribution in [3.63, 3.8) is 0 Å². The summed E-state index contributed by atoms with van der Waals surface area (Å²) in [6.07, 6.45) is 1.47. The molecule has 2 heterocycles. The largest absolute Gasteiger partial charge is 0.326 e. The van der Waals surface area contributed by atoms with Gasteiger partial charge >= 0.3 is 0 Å². The van der Waals surface area contributed by atoms with Gasteiger partial charge in [0.25, 0.3) is 5.91 Å². The number of hydrogen-bond acceptors (Lipinski definition) is 4. The van der Waals surface area contributed by atoms with Crippen LogP contribution in [-0.2, 0) is 4.79 Å². The molecular weight excluding hydrogens is 310 g/mol. The van der Waals surface area contributed by atoms with E-state index in [4.69, 9.17) is 5.26 Å². The smallest absolute Gasteiger partial charge is 0.264 e. The molecule has 0 aliphatic carbocycles. The number of likely N-dealkylation sites (tertiary alicyclic amines) is 1. The standard InChI is InChI=1S/C17H15N3O2S/c18-11-12-4-1-5-13(10-12)19-16(21)14-6-2-8-20(14)17(22)15-7-3-9-23-15/h1,3-5,7,9-10,14H,2,6,8H2,(H,19,21). The SMILES string of the molecule is N#Cc1cccc(NC(=O)C2CCCN2C(=O)c2cccs2)c1. The summed E-state index contributed by atoms with van der Waals surface area (Å²) in [5.74, 6) is -0.300. The van der Waals surface area contributed by atoms with Crippen molar-refractivity contribution in [2.75, 3.05) is 11.9 Å². The fourth-order valence-electron chi connectivity index (χ4n) is 2.72. The van der Waals surface area contributed by atoms with Gasteiger partial charge in [-0.1, -0.05) is 12.1 Å². The van der Waals surface area contributed by atoms with Gasteiger partial charge in [-0.15, -0.1) is 11.3 Å². The third-order valence-electron chi connectivity index (χ3n) is 3.81. The van der Waals surface area contributed by atoms with E-state index in [-0.39, 0.29) is 11.8 Å². The van der Waals surface area contributed by atoms with Crippen molar-refractivity contribution in [3.8, 4) is 6.07 Å². The molecule has 1 N–H and O–H groups in total. The monoisotopic (exact) mass is 325 g/mol. The van der Waals surface area contributed by atoms with Crippen LogP contribution in [0.3, 0.4) is 0 Å². The Morgan fingerprint density at radius 1 is 1.30 bits per heavy atom. The highest BCUT2D eigenvalue weighted by molar-refractivity contribution is 7.12. The number of nitrogens with one attached hydrogen (secondary N) is 1. The number of rotatable bonds is 3. The van der Waals surface area contributed by atoms with Gasteiger partial charge in [-0.3, -0.25) is 9.59 Å². The Morgan fingerprint density at radius 3 is 2.91 bits per heavy atom. The number of hydrogen-bond donors (Lipinski definition) is 1. The summed E-state index contributed by atoms with van der Waals surface area (Å²) in [5.41, 5.74) is 1.06. The van der Waals surface area contributed by atoms with Crippen molar-refractivity contribution in [1.82, 2.24) is 4.90 Å². The molecule has 1 unspecified atom stereocenters. The zero-order valence-corrected chi connectivity index (χ0v) is 13.2. The number of benzene rings is 1. The number of nitrogens with zero attached hydrogens (tertiary/aromatic N) is 2. The molecule has 6 heteroatoms. The highest BCUT2D eigenvalue weighted by Crippen LogP contribution is 2.23. The van der Waals surface area contributed by atoms with E-state index < -0.39 is 6.04 Å². The highest BCUT2D eigenvalue weighted by atomic mass is 32.1. The fourth-order valence-corrected chi connectivity index (χ4v) is 3.40. The lowest BCUT2D eigenvalue weighted by Crippen LogP contribution is -2.42. The third-order valence-corrected chi connectivity index (χ3v) is 4.67. The van der Waals surface area contributed by atoms with E-state index in [1.807, 2.05) is 17.5 Å². The van der Waals surface area contributed by atoms with Crippen molar-refractivity contribution >= 4 is 28.8 Å². The third kappa shape index (κ3) is 3.25. The van der Waals surface area contributed by atoms with Crippen LogP contribution in [0.5, 0.6) is 0 Å². The summed E-state index contributed by atoms with van der Waals surface area (Å²) in [6, 6.07) is 11.9. The van der Waals surface area contributed by atoms with Gasteiger partial charge in [0, 0.05) is 12.2 Å². The second-order valence-corrected chi connectivity index (χ2v) is 6.26. The van der Waals surface area contributed by atoms with Gasteiger partial charge in [-0.2, -0.15) is 5.26 Å². The molecule has 5 nitrogen and oxygen atoms in total. The van der Waals surface area contributed by atoms with Crippen LogP contribution in [0.25, 0.3) is 0 Å². The molecule has 1 aromatic carbocycles. The van der Waals surface area contributed by atoms with E-state index in [0.717, 1.165) is 6.42 Å². The minimum atomic E-state index is -0.463. The summed E-state index contributed by atoms with van der Waals surface area (Å²) < 4.78 is 0. The maximum absolute atomic E-state index is 12.5. The Labute approximate surface area is 138 Å². The van der Waals surface area contributed by atoms with Crippen LogP contribution in [0, 0.1) is 11.3 Å². The van der Waals surface area contributed by atoms with Crippen LogP contribution in [0.1, 0.15) is 28.1 Å². The predicted octanol–water partition coefficient (Wildman–Crippen LogP) is 2.86. The number of thiophene rings is 1. The van der Waals surface area contributed by atoms with Gasteiger partial charge in [0.1, 0.15) is 6.04 Å². The van der Waals surface area contributed by atoms with Crippen LogP contribution >= 0.6 is 11.3 Å². The maximum atomic E-state index is 12.5. The summed E-state index contributed by atoms with van der Waals surface area (Å²) in [7, 11) is 0. The second kappa shape index (κ2) is 6.63.